The molecule has 0 aliphatic heterocycles. The van der Waals surface area contributed by atoms with Crippen molar-refractivity contribution in [2.24, 2.45) is 41.4 Å². The van der Waals surface area contributed by atoms with E-state index >= 15 is 0 Å². The monoisotopic (exact) mass is 722 g/mol. The van der Waals surface area contributed by atoms with Crippen LogP contribution in [0.3, 0.4) is 0 Å². The number of hydrogen-bond donors (Lipinski definition) is 0. The average Bonchev–Trinajstić information content (AvgIpc) is 3.69. The minimum atomic E-state index is -1.85. The molecule has 2 saturated carbocycles. The lowest BCUT2D eigenvalue weighted by molar-refractivity contribution is 0.372. The number of benzene rings is 3. The van der Waals surface area contributed by atoms with Gasteiger partial charge >= 0.3 is 0 Å². The molecule has 0 bridgehead atoms. The summed E-state index contributed by atoms with van der Waals surface area (Å²) in [5.74, 6) is 5.52. The Morgan fingerprint density at radius 3 is 1.75 bits per heavy atom. The SMILES string of the molecule is COc1c(C(C)(C)C)cc(C2=CC=CC3C2CC(C)C3[Si](C)(C)C2C3C=CC=C(c4ccccc4-c4ccccc4)C3CC2C(C)C)cc1C(C)(C)C. The topological polar surface area (TPSA) is 9.23 Å². The summed E-state index contributed by atoms with van der Waals surface area (Å²) in [6.45, 7) is 27.3. The highest BCUT2D eigenvalue weighted by Gasteiger charge is 2.59. The van der Waals surface area contributed by atoms with Crippen molar-refractivity contribution in [3.63, 3.8) is 0 Å². The van der Waals surface area contributed by atoms with E-state index in [2.05, 4.69) is 179 Å². The van der Waals surface area contributed by atoms with Crippen LogP contribution in [0.5, 0.6) is 5.75 Å². The van der Waals surface area contributed by atoms with Gasteiger partial charge in [-0.1, -0.05) is 166 Å². The van der Waals surface area contributed by atoms with Crippen molar-refractivity contribution < 1.29 is 4.74 Å². The zero-order chi connectivity index (χ0) is 38.0. The lowest BCUT2D eigenvalue weighted by Gasteiger charge is -2.47. The molecule has 2 heteroatoms. The summed E-state index contributed by atoms with van der Waals surface area (Å²) in [6, 6.07) is 25.2. The van der Waals surface area contributed by atoms with E-state index in [-0.39, 0.29) is 10.8 Å². The van der Waals surface area contributed by atoms with Crippen LogP contribution >= 0.6 is 0 Å². The summed E-state index contributed by atoms with van der Waals surface area (Å²) in [6.07, 6.45) is 17.7. The van der Waals surface area contributed by atoms with E-state index in [0.717, 1.165) is 22.7 Å². The molecule has 0 saturated heterocycles. The van der Waals surface area contributed by atoms with Crippen molar-refractivity contribution in [1.29, 1.82) is 0 Å². The summed E-state index contributed by atoms with van der Waals surface area (Å²) in [4.78, 5) is 0. The number of allylic oxidation sites excluding steroid dienone is 8. The van der Waals surface area contributed by atoms with Crippen molar-refractivity contribution in [2.45, 2.75) is 110 Å². The fourth-order valence-corrected chi connectivity index (χ4v) is 18.3. The number of fused-ring (bicyclic) bond motifs is 2. The maximum Gasteiger partial charge on any atom is 0.126 e. The molecule has 8 unspecified atom stereocenters. The highest BCUT2D eigenvalue weighted by Crippen LogP contribution is 2.66. The summed E-state index contributed by atoms with van der Waals surface area (Å²) < 4.78 is 6.19. The van der Waals surface area contributed by atoms with Gasteiger partial charge in [0.2, 0.25) is 0 Å². The van der Waals surface area contributed by atoms with Gasteiger partial charge in [-0.3, -0.25) is 0 Å². The molecule has 0 radical (unpaired) electrons. The Morgan fingerprint density at radius 2 is 1.19 bits per heavy atom. The summed E-state index contributed by atoms with van der Waals surface area (Å²) >= 11 is 0. The van der Waals surface area contributed by atoms with Crippen molar-refractivity contribution in [2.75, 3.05) is 7.11 Å². The zero-order valence-corrected chi connectivity index (χ0v) is 35.8. The van der Waals surface area contributed by atoms with Crippen molar-refractivity contribution in [3.8, 4) is 16.9 Å². The third kappa shape index (κ3) is 6.70. The second-order valence-electron chi connectivity index (χ2n) is 20.1. The highest BCUT2D eigenvalue weighted by atomic mass is 28.3. The Bertz CT molecular complexity index is 1900. The average molecular weight is 723 g/mol. The van der Waals surface area contributed by atoms with Gasteiger partial charge < -0.3 is 4.74 Å². The van der Waals surface area contributed by atoms with Crippen LogP contribution in [0.4, 0.5) is 0 Å². The smallest absolute Gasteiger partial charge is 0.126 e. The Kier molecular flexibility index (Phi) is 10.1. The maximum absolute atomic E-state index is 6.19. The van der Waals surface area contributed by atoms with E-state index in [0.29, 0.717) is 35.5 Å². The largest absolute Gasteiger partial charge is 0.496 e. The molecule has 0 N–H and O–H groups in total. The quantitative estimate of drug-likeness (QED) is 0.221. The molecule has 4 aliphatic carbocycles. The predicted molar refractivity (Wildman–Crippen MR) is 232 cm³/mol. The lowest BCUT2D eigenvalue weighted by Crippen LogP contribution is -2.46. The standard InChI is InChI=1S/C51H66OSi/c1-32(2)42-31-44-39(38-23-17-16-22-36(38)34-20-14-13-15-21-34)25-19-27-41(44)49(42)53(11,12)48-33(3)28-43-37(24-18-26-40(43)48)35-29-45(50(4,5)6)47(52-10)46(30-35)51(7,8)9/h13-27,29-30,32-33,40-44,48-49H,28,31H2,1-12H3. The first kappa shape index (κ1) is 37.9. The van der Waals surface area contributed by atoms with E-state index in [1.165, 1.54) is 46.2 Å². The number of hydrogen-bond acceptors (Lipinski definition) is 1. The van der Waals surface area contributed by atoms with Gasteiger partial charge in [-0.2, -0.15) is 0 Å². The van der Waals surface area contributed by atoms with Crippen LogP contribution in [-0.4, -0.2) is 15.2 Å². The summed E-state index contributed by atoms with van der Waals surface area (Å²) in [5, 5.41) is 0. The van der Waals surface area contributed by atoms with Gasteiger partial charge in [-0.25, -0.2) is 0 Å². The van der Waals surface area contributed by atoms with Crippen molar-refractivity contribution >= 4 is 19.2 Å². The van der Waals surface area contributed by atoms with Crippen LogP contribution < -0.4 is 4.74 Å². The molecule has 53 heavy (non-hydrogen) atoms. The van der Waals surface area contributed by atoms with Crippen molar-refractivity contribution in [3.05, 3.63) is 125 Å². The van der Waals surface area contributed by atoms with Gasteiger partial charge in [-0.05, 0) is 122 Å². The molecule has 7 rings (SSSR count). The molecule has 1 nitrogen and oxygen atoms in total. The molecule has 0 heterocycles. The van der Waals surface area contributed by atoms with Gasteiger partial charge in [0.1, 0.15) is 5.75 Å². The molecule has 8 atom stereocenters. The van der Waals surface area contributed by atoms with Gasteiger partial charge in [0.05, 0.1) is 15.2 Å². The molecule has 0 aromatic heterocycles. The molecule has 0 spiro atoms. The molecule has 2 fully saturated rings. The van der Waals surface area contributed by atoms with Crippen LogP contribution in [0.1, 0.15) is 97.4 Å². The predicted octanol–water partition coefficient (Wildman–Crippen LogP) is 14.2. The Morgan fingerprint density at radius 1 is 0.660 bits per heavy atom. The van der Waals surface area contributed by atoms with E-state index < -0.39 is 8.07 Å². The summed E-state index contributed by atoms with van der Waals surface area (Å²) in [5.41, 5.74) is 12.8. The second-order valence-corrected chi connectivity index (χ2v) is 25.1. The van der Waals surface area contributed by atoms with Crippen LogP contribution in [0.15, 0.2) is 103 Å². The Labute approximate surface area is 323 Å². The van der Waals surface area contributed by atoms with Gasteiger partial charge in [0.15, 0.2) is 0 Å². The minimum Gasteiger partial charge on any atom is -0.496 e. The van der Waals surface area contributed by atoms with E-state index in [1.807, 2.05) is 7.11 Å². The van der Waals surface area contributed by atoms with Crippen LogP contribution in [0.2, 0.25) is 24.2 Å². The second kappa shape index (κ2) is 14.0. The van der Waals surface area contributed by atoms with Gasteiger partial charge in [0, 0.05) is 11.1 Å². The molecule has 3 aromatic carbocycles. The summed E-state index contributed by atoms with van der Waals surface area (Å²) in [7, 11) is 0.00103. The minimum absolute atomic E-state index is 0.0144. The van der Waals surface area contributed by atoms with Gasteiger partial charge in [0.25, 0.3) is 0 Å². The van der Waals surface area contributed by atoms with Gasteiger partial charge in [-0.15, -0.1) is 0 Å². The molecular weight excluding hydrogens is 657 g/mol. The normalized spacial score (nSPS) is 28.5. The molecule has 0 amide bonds. The Hall–Kier alpha value is -3.36. The number of rotatable bonds is 7. The molecule has 280 valence electrons. The first-order valence-corrected chi connectivity index (χ1v) is 23.8. The first-order valence-electron chi connectivity index (χ1n) is 20.7. The molecular formula is C51H66OSi. The van der Waals surface area contributed by atoms with E-state index in [9.17, 15) is 0 Å². The molecule has 3 aromatic rings. The van der Waals surface area contributed by atoms with E-state index in [1.54, 1.807) is 11.1 Å². The lowest BCUT2D eigenvalue weighted by atomic mass is 9.75. The number of methoxy groups -OCH3 is 1. The Balaban J connectivity index is 1.25. The van der Waals surface area contributed by atoms with E-state index in [4.69, 9.17) is 4.74 Å². The zero-order valence-electron chi connectivity index (χ0n) is 34.8. The first-order chi connectivity index (χ1) is 25.0. The van der Waals surface area contributed by atoms with Crippen molar-refractivity contribution in [1.82, 2.24) is 0 Å². The fourth-order valence-electron chi connectivity index (χ4n) is 12.0. The fraction of sp³-hybridized carbons (Fsp3) is 0.490. The number of ether oxygens (including phenoxy) is 1. The third-order valence-electron chi connectivity index (χ3n) is 14.1. The van der Waals surface area contributed by atoms with Crippen LogP contribution in [0.25, 0.3) is 22.3 Å². The maximum atomic E-state index is 6.19. The molecule has 4 aliphatic rings. The van der Waals surface area contributed by atoms with Crippen LogP contribution in [0, 0.1) is 41.4 Å². The third-order valence-corrected chi connectivity index (χ3v) is 19.3. The van der Waals surface area contributed by atoms with Crippen LogP contribution in [-0.2, 0) is 10.8 Å². The highest BCUT2D eigenvalue weighted by molar-refractivity contribution is 6.80.